The Kier molecular flexibility index (Phi) is 6.83. The van der Waals surface area contributed by atoms with Crippen molar-refractivity contribution < 1.29 is 17.9 Å². The van der Waals surface area contributed by atoms with E-state index in [0.717, 1.165) is 5.69 Å². The number of piperazine rings is 1. The monoisotopic (exact) mass is 465 g/mol. The molecule has 1 saturated heterocycles. The van der Waals surface area contributed by atoms with Crippen molar-refractivity contribution in [1.82, 2.24) is 9.62 Å². The molecule has 2 aromatic carbocycles. The Bertz CT molecular complexity index is 1060. The summed E-state index contributed by atoms with van der Waals surface area (Å²) in [6, 6.07) is 12.0. The first-order valence-corrected chi connectivity index (χ1v) is 11.8. The zero-order valence-electron chi connectivity index (χ0n) is 18.2. The molecule has 0 radical (unpaired) electrons. The highest BCUT2D eigenvalue weighted by molar-refractivity contribution is 7.89. The van der Waals surface area contributed by atoms with Crippen LogP contribution in [0.5, 0.6) is 5.75 Å². The Labute approximate surface area is 189 Å². The fourth-order valence-electron chi connectivity index (χ4n) is 3.43. The van der Waals surface area contributed by atoms with Crippen LogP contribution in [0.1, 0.15) is 31.1 Å². The van der Waals surface area contributed by atoms with E-state index in [0.29, 0.717) is 31.2 Å². The maximum atomic E-state index is 13.4. The molecule has 0 aliphatic carbocycles. The van der Waals surface area contributed by atoms with Crippen LogP contribution in [0.3, 0.4) is 0 Å². The lowest BCUT2D eigenvalue weighted by atomic mass is 10.1. The van der Waals surface area contributed by atoms with Gasteiger partial charge in [-0.15, -0.1) is 0 Å². The molecule has 0 bridgehead atoms. The molecule has 7 nitrogen and oxygen atoms in total. The topological polar surface area (TPSA) is 78.9 Å². The van der Waals surface area contributed by atoms with Crippen LogP contribution in [-0.4, -0.2) is 57.5 Å². The summed E-state index contributed by atoms with van der Waals surface area (Å²) in [6.45, 7) is 7.30. The Morgan fingerprint density at radius 1 is 1.06 bits per heavy atom. The van der Waals surface area contributed by atoms with Gasteiger partial charge in [0.1, 0.15) is 10.6 Å². The minimum atomic E-state index is -3.84. The smallest absolute Gasteiger partial charge is 0.251 e. The molecule has 0 aromatic heterocycles. The average Bonchev–Trinajstić information content (AvgIpc) is 2.72. The van der Waals surface area contributed by atoms with Gasteiger partial charge in [-0.2, -0.15) is 4.31 Å². The van der Waals surface area contributed by atoms with E-state index in [9.17, 15) is 13.2 Å². The van der Waals surface area contributed by atoms with Crippen molar-refractivity contribution >= 4 is 33.2 Å². The van der Waals surface area contributed by atoms with E-state index in [1.54, 1.807) is 12.1 Å². The zero-order valence-corrected chi connectivity index (χ0v) is 19.8. The molecule has 31 heavy (non-hydrogen) atoms. The Balaban J connectivity index is 1.83. The van der Waals surface area contributed by atoms with E-state index in [1.807, 2.05) is 39.0 Å². The number of sulfonamides is 1. The summed E-state index contributed by atoms with van der Waals surface area (Å²) < 4.78 is 33.5. The highest BCUT2D eigenvalue weighted by Gasteiger charge is 2.32. The number of carbonyl (C=O) groups is 1. The number of hydrogen-bond acceptors (Lipinski definition) is 5. The molecule has 0 unspecified atom stereocenters. The van der Waals surface area contributed by atoms with Crippen molar-refractivity contribution in [3.05, 3.63) is 53.1 Å². The summed E-state index contributed by atoms with van der Waals surface area (Å²) in [7, 11) is -2.43. The van der Waals surface area contributed by atoms with Gasteiger partial charge in [0.25, 0.3) is 5.91 Å². The van der Waals surface area contributed by atoms with Gasteiger partial charge >= 0.3 is 0 Å². The number of benzene rings is 2. The molecule has 2 aromatic rings. The van der Waals surface area contributed by atoms with Gasteiger partial charge in [0, 0.05) is 48.0 Å². The highest BCUT2D eigenvalue weighted by atomic mass is 35.5. The number of amides is 1. The number of hydrogen-bond donors (Lipinski definition) is 1. The molecular formula is C22H28ClN3O4S. The van der Waals surface area contributed by atoms with E-state index < -0.39 is 15.6 Å². The number of nitrogens with zero attached hydrogens (tertiary/aromatic N) is 2. The van der Waals surface area contributed by atoms with Gasteiger partial charge in [-0.3, -0.25) is 4.79 Å². The van der Waals surface area contributed by atoms with Crippen LogP contribution in [0, 0.1) is 0 Å². The molecule has 1 heterocycles. The van der Waals surface area contributed by atoms with Crippen molar-refractivity contribution in [2.75, 3.05) is 38.2 Å². The standard InChI is InChI=1S/C22H28ClN3O4S/c1-22(2,3)24-21(27)16-8-9-19(30-4)20(14-16)31(28,29)26-12-10-25(11-13-26)18-7-5-6-17(23)15-18/h5-9,14-15H,10-13H2,1-4H3,(H,24,27). The third kappa shape index (κ3) is 5.50. The first-order valence-electron chi connectivity index (χ1n) is 10.0. The summed E-state index contributed by atoms with van der Waals surface area (Å²) in [4.78, 5) is 14.7. The number of halogens is 1. The average molecular weight is 466 g/mol. The van der Waals surface area contributed by atoms with Crippen LogP contribution in [0.4, 0.5) is 5.69 Å². The number of anilines is 1. The van der Waals surface area contributed by atoms with E-state index in [-0.39, 0.29) is 22.1 Å². The van der Waals surface area contributed by atoms with Crippen LogP contribution in [0.2, 0.25) is 5.02 Å². The van der Waals surface area contributed by atoms with E-state index >= 15 is 0 Å². The molecule has 1 fully saturated rings. The molecule has 9 heteroatoms. The third-order valence-corrected chi connectivity index (χ3v) is 7.10. The number of ether oxygens (including phenoxy) is 1. The minimum Gasteiger partial charge on any atom is -0.495 e. The largest absolute Gasteiger partial charge is 0.495 e. The van der Waals surface area contributed by atoms with Crippen LogP contribution < -0.4 is 15.0 Å². The fraction of sp³-hybridized carbons (Fsp3) is 0.409. The molecular weight excluding hydrogens is 438 g/mol. The molecule has 168 valence electrons. The molecule has 0 atom stereocenters. The Morgan fingerprint density at radius 2 is 1.74 bits per heavy atom. The van der Waals surface area contributed by atoms with Gasteiger partial charge in [-0.25, -0.2) is 8.42 Å². The van der Waals surface area contributed by atoms with Gasteiger partial charge < -0.3 is 15.0 Å². The van der Waals surface area contributed by atoms with Crippen LogP contribution in [-0.2, 0) is 10.0 Å². The van der Waals surface area contributed by atoms with E-state index in [2.05, 4.69) is 10.2 Å². The lowest BCUT2D eigenvalue weighted by Gasteiger charge is -2.35. The lowest BCUT2D eigenvalue weighted by molar-refractivity contribution is 0.0919. The van der Waals surface area contributed by atoms with Crippen molar-refractivity contribution in [3.8, 4) is 5.75 Å². The molecule has 0 spiro atoms. The first kappa shape index (κ1) is 23.4. The van der Waals surface area contributed by atoms with Crippen molar-refractivity contribution in [2.45, 2.75) is 31.2 Å². The van der Waals surface area contributed by atoms with Crippen LogP contribution >= 0.6 is 11.6 Å². The van der Waals surface area contributed by atoms with Crippen molar-refractivity contribution in [1.29, 1.82) is 0 Å². The zero-order chi connectivity index (χ0) is 22.8. The van der Waals surface area contributed by atoms with Gasteiger partial charge in [0.15, 0.2) is 0 Å². The maximum Gasteiger partial charge on any atom is 0.251 e. The predicted molar refractivity (Wildman–Crippen MR) is 123 cm³/mol. The molecule has 1 aliphatic rings. The van der Waals surface area contributed by atoms with Gasteiger partial charge in [0.05, 0.1) is 7.11 Å². The summed E-state index contributed by atoms with van der Waals surface area (Å²) in [5, 5.41) is 3.50. The Morgan fingerprint density at radius 3 is 2.32 bits per heavy atom. The second kappa shape index (κ2) is 9.06. The molecule has 0 saturated carbocycles. The van der Waals surface area contributed by atoms with Crippen molar-refractivity contribution in [2.24, 2.45) is 0 Å². The number of rotatable bonds is 5. The summed E-state index contributed by atoms with van der Waals surface area (Å²) in [6.07, 6.45) is 0. The lowest BCUT2D eigenvalue weighted by Crippen LogP contribution is -2.48. The second-order valence-corrected chi connectivity index (χ2v) is 10.8. The number of nitrogens with one attached hydrogen (secondary N) is 1. The SMILES string of the molecule is COc1ccc(C(=O)NC(C)(C)C)cc1S(=O)(=O)N1CCN(c2cccc(Cl)c2)CC1. The molecule has 1 amide bonds. The first-order chi connectivity index (χ1) is 14.5. The summed E-state index contributed by atoms with van der Waals surface area (Å²) >= 11 is 6.08. The minimum absolute atomic E-state index is 0.00670. The highest BCUT2D eigenvalue weighted by Crippen LogP contribution is 2.30. The summed E-state index contributed by atoms with van der Waals surface area (Å²) in [5.41, 5.74) is 0.794. The third-order valence-electron chi connectivity index (χ3n) is 4.94. The normalized spacial score (nSPS) is 15.6. The van der Waals surface area contributed by atoms with E-state index in [4.69, 9.17) is 16.3 Å². The van der Waals surface area contributed by atoms with Crippen LogP contribution in [0.15, 0.2) is 47.4 Å². The van der Waals surface area contributed by atoms with Gasteiger partial charge in [0.2, 0.25) is 10.0 Å². The van der Waals surface area contributed by atoms with Crippen molar-refractivity contribution in [3.63, 3.8) is 0 Å². The van der Waals surface area contributed by atoms with Gasteiger partial charge in [-0.05, 0) is 57.2 Å². The molecule has 1 N–H and O–H groups in total. The van der Waals surface area contributed by atoms with E-state index in [1.165, 1.54) is 23.5 Å². The summed E-state index contributed by atoms with van der Waals surface area (Å²) in [5.74, 6) is -0.123. The second-order valence-electron chi connectivity index (χ2n) is 8.44. The number of methoxy groups -OCH3 is 1. The molecule has 3 rings (SSSR count). The van der Waals surface area contributed by atoms with Crippen LogP contribution in [0.25, 0.3) is 0 Å². The molecule has 1 aliphatic heterocycles. The predicted octanol–water partition coefficient (Wildman–Crippen LogP) is 3.39. The van der Waals surface area contributed by atoms with Gasteiger partial charge in [-0.1, -0.05) is 17.7 Å². The Hall–Kier alpha value is -2.29. The number of carbonyl (C=O) groups excluding carboxylic acids is 1. The fourth-order valence-corrected chi connectivity index (χ4v) is 5.22. The quantitative estimate of drug-likeness (QED) is 0.732. The maximum absolute atomic E-state index is 13.4.